The number of ketones is 1. The summed E-state index contributed by atoms with van der Waals surface area (Å²) in [5.41, 5.74) is 6.35. The van der Waals surface area contributed by atoms with Gasteiger partial charge in [-0.05, 0) is 74.9 Å². The predicted molar refractivity (Wildman–Crippen MR) is 81.1 cm³/mol. The lowest BCUT2D eigenvalue weighted by molar-refractivity contribution is 0.103. The number of nitrogen functional groups attached to an aromatic ring is 1. The monoisotopic (exact) mass is 419 g/mol. The van der Waals surface area contributed by atoms with Gasteiger partial charge in [0.1, 0.15) is 5.82 Å². The number of hydrogen-bond donors (Lipinski definition) is 1. The summed E-state index contributed by atoms with van der Waals surface area (Å²) in [5, 5.41) is 0. The third-order valence-corrected chi connectivity index (χ3v) is 3.81. The second kappa shape index (κ2) is 5.36. The molecule has 5 heteroatoms. The van der Waals surface area contributed by atoms with E-state index >= 15 is 0 Å². The lowest BCUT2D eigenvalue weighted by Crippen LogP contribution is -2.04. The smallest absolute Gasteiger partial charge is 0.194 e. The first kappa shape index (κ1) is 13.5. The van der Waals surface area contributed by atoms with Crippen molar-refractivity contribution in [2.24, 2.45) is 0 Å². The highest BCUT2D eigenvalue weighted by Gasteiger charge is 2.15. The molecule has 0 saturated carbocycles. The predicted octanol–water partition coefficient (Wildman–Crippen LogP) is 4.01. The summed E-state index contributed by atoms with van der Waals surface area (Å²) in [6.07, 6.45) is 0. The van der Waals surface area contributed by atoms with E-state index in [0.717, 1.165) is 3.57 Å². The number of anilines is 1. The van der Waals surface area contributed by atoms with Crippen LogP contribution < -0.4 is 5.73 Å². The largest absolute Gasteiger partial charge is 0.396 e. The molecular formula is C13H8BrFINO. The van der Waals surface area contributed by atoms with Crippen molar-refractivity contribution in [1.29, 1.82) is 0 Å². The van der Waals surface area contributed by atoms with E-state index in [1.807, 2.05) is 12.1 Å². The van der Waals surface area contributed by atoms with Crippen LogP contribution in [0.5, 0.6) is 0 Å². The van der Waals surface area contributed by atoms with Gasteiger partial charge >= 0.3 is 0 Å². The summed E-state index contributed by atoms with van der Waals surface area (Å²) in [6, 6.07) is 9.70. The van der Waals surface area contributed by atoms with Crippen molar-refractivity contribution >= 4 is 50.0 Å². The molecule has 0 bridgehead atoms. The van der Waals surface area contributed by atoms with Gasteiger partial charge < -0.3 is 5.73 Å². The molecule has 18 heavy (non-hydrogen) atoms. The number of halogens is 3. The molecule has 0 aliphatic rings. The second-order valence-electron chi connectivity index (χ2n) is 3.69. The van der Waals surface area contributed by atoms with Crippen LogP contribution in [-0.2, 0) is 0 Å². The molecule has 0 aliphatic heterocycles. The fourth-order valence-corrected chi connectivity index (χ4v) is 2.35. The number of hydrogen-bond acceptors (Lipinski definition) is 2. The molecule has 2 aromatic rings. The Kier molecular flexibility index (Phi) is 4.01. The molecule has 0 heterocycles. The average molecular weight is 420 g/mol. The standard InChI is InChI=1S/C13H8BrFINO/c14-10-6-11(15)12(17)5-9(10)13(18)7-1-3-8(16)4-2-7/h1-6H,17H2. The van der Waals surface area contributed by atoms with E-state index in [-0.39, 0.29) is 11.5 Å². The van der Waals surface area contributed by atoms with E-state index in [1.54, 1.807) is 12.1 Å². The maximum Gasteiger partial charge on any atom is 0.194 e. The number of carbonyl (C=O) groups is 1. The van der Waals surface area contributed by atoms with Crippen LogP contribution in [0.15, 0.2) is 40.9 Å². The number of nitrogens with two attached hydrogens (primary N) is 1. The van der Waals surface area contributed by atoms with Crippen molar-refractivity contribution < 1.29 is 9.18 Å². The highest BCUT2D eigenvalue weighted by molar-refractivity contribution is 14.1. The van der Waals surface area contributed by atoms with Gasteiger partial charge in [0.05, 0.1) is 5.69 Å². The SMILES string of the molecule is Nc1cc(C(=O)c2ccc(I)cc2)c(Br)cc1F. The van der Waals surface area contributed by atoms with Crippen LogP contribution >= 0.6 is 38.5 Å². The molecule has 2 aromatic carbocycles. The summed E-state index contributed by atoms with van der Waals surface area (Å²) < 4.78 is 14.7. The molecule has 0 radical (unpaired) electrons. The first-order valence-corrected chi connectivity index (χ1v) is 6.91. The first-order chi connectivity index (χ1) is 8.49. The minimum atomic E-state index is -0.541. The molecule has 0 amide bonds. The molecule has 2 N–H and O–H groups in total. The Morgan fingerprint density at radius 2 is 1.83 bits per heavy atom. The van der Waals surface area contributed by atoms with Crippen LogP contribution in [0.25, 0.3) is 0 Å². The summed E-state index contributed by atoms with van der Waals surface area (Å²) in [7, 11) is 0. The van der Waals surface area contributed by atoms with Crippen molar-refractivity contribution in [1.82, 2.24) is 0 Å². The third kappa shape index (κ3) is 2.72. The van der Waals surface area contributed by atoms with Gasteiger partial charge in [-0.25, -0.2) is 4.39 Å². The fraction of sp³-hybridized carbons (Fsp3) is 0. The molecule has 0 spiro atoms. The van der Waals surface area contributed by atoms with Crippen molar-refractivity contribution in [2.45, 2.75) is 0 Å². The van der Waals surface area contributed by atoms with Crippen molar-refractivity contribution in [3.8, 4) is 0 Å². The number of rotatable bonds is 2. The van der Waals surface area contributed by atoms with Gasteiger partial charge in [-0.2, -0.15) is 0 Å². The van der Waals surface area contributed by atoms with Gasteiger partial charge in [0.15, 0.2) is 5.78 Å². The Bertz CT molecular complexity index is 613. The average Bonchev–Trinajstić information content (AvgIpc) is 2.34. The van der Waals surface area contributed by atoms with Gasteiger partial charge in [-0.15, -0.1) is 0 Å². The highest BCUT2D eigenvalue weighted by atomic mass is 127. The Balaban J connectivity index is 2.46. The molecule has 0 fully saturated rings. The third-order valence-electron chi connectivity index (χ3n) is 2.44. The minimum Gasteiger partial charge on any atom is -0.396 e. The van der Waals surface area contributed by atoms with Crippen LogP contribution in [0.2, 0.25) is 0 Å². The van der Waals surface area contributed by atoms with E-state index in [9.17, 15) is 9.18 Å². The fourth-order valence-electron chi connectivity index (χ4n) is 1.50. The lowest BCUT2D eigenvalue weighted by Gasteiger charge is -2.06. The minimum absolute atomic E-state index is 0.0351. The van der Waals surface area contributed by atoms with Gasteiger partial charge in [-0.3, -0.25) is 4.79 Å². The second-order valence-corrected chi connectivity index (χ2v) is 5.79. The number of carbonyl (C=O) groups excluding carboxylic acids is 1. The van der Waals surface area contributed by atoms with Gasteiger partial charge in [0.25, 0.3) is 0 Å². The summed E-state index contributed by atoms with van der Waals surface area (Å²) in [4.78, 5) is 12.2. The summed E-state index contributed by atoms with van der Waals surface area (Å²) in [6.45, 7) is 0. The van der Waals surface area contributed by atoms with Crippen LogP contribution in [0.3, 0.4) is 0 Å². The van der Waals surface area contributed by atoms with Gasteiger partial charge in [-0.1, -0.05) is 0 Å². The molecule has 0 saturated heterocycles. The molecule has 0 unspecified atom stereocenters. The van der Waals surface area contributed by atoms with Crippen LogP contribution in [0, 0.1) is 9.39 Å². The van der Waals surface area contributed by atoms with Crippen LogP contribution in [0.4, 0.5) is 10.1 Å². The van der Waals surface area contributed by atoms with Crippen LogP contribution in [0.1, 0.15) is 15.9 Å². The lowest BCUT2D eigenvalue weighted by atomic mass is 10.0. The molecule has 2 rings (SSSR count). The molecule has 92 valence electrons. The maximum absolute atomic E-state index is 13.2. The highest BCUT2D eigenvalue weighted by Crippen LogP contribution is 2.25. The Hall–Kier alpha value is -0.950. The van der Waals surface area contributed by atoms with E-state index in [0.29, 0.717) is 15.6 Å². The molecule has 0 aromatic heterocycles. The van der Waals surface area contributed by atoms with Crippen molar-refractivity contribution in [3.05, 3.63) is 61.4 Å². The van der Waals surface area contributed by atoms with E-state index in [1.165, 1.54) is 12.1 Å². The van der Waals surface area contributed by atoms with Crippen molar-refractivity contribution in [2.75, 3.05) is 5.73 Å². The zero-order valence-electron chi connectivity index (χ0n) is 9.08. The maximum atomic E-state index is 13.2. The molecule has 2 nitrogen and oxygen atoms in total. The van der Waals surface area contributed by atoms with E-state index < -0.39 is 5.82 Å². The van der Waals surface area contributed by atoms with Gasteiger partial charge in [0, 0.05) is 19.2 Å². The molecule has 0 atom stereocenters. The van der Waals surface area contributed by atoms with E-state index in [4.69, 9.17) is 5.73 Å². The zero-order chi connectivity index (χ0) is 13.3. The molecule has 0 aliphatic carbocycles. The topological polar surface area (TPSA) is 43.1 Å². The van der Waals surface area contributed by atoms with Crippen LogP contribution in [-0.4, -0.2) is 5.78 Å². The Morgan fingerprint density at radius 1 is 1.22 bits per heavy atom. The quantitative estimate of drug-likeness (QED) is 0.454. The summed E-state index contributed by atoms with van der Waals surface area (Å²) >= 11 is 5.34. The Labute approximate surface area is 126 Å². The number of benzene rings is 2. The Morgan fingerprint density at radius 3 is 2.44 bits per heavy atom. The summed E-state index contributed by atoms with van der Waals surface area (Å²) in [5.74, 6) is -0.731. The first-order valence-electron chi connectivity index (χ1n) is 5.04. The van der Waals surface area contributed by atoms with Crippen molar-refractivity contribution in [3.63, 3.8) is 0 Å². The van der Waals surface area contributed by atoms with Gasteiger partial charge in [0.2, 0.25) is 0 Å². The normalized spacial score (nSPS) is 10.4. The molecular weight excluding hydrogens is 412 g/mol. The van der Waals surface area contributed by atoms with E-state index in [2.05, 4.69) is 38.5 Å². The zero-order valence-corrected chi connectivity index (χ0v) is 12.8.